The quantitative estimate of drug-likeness (QED) is 0.0182. The van der Waals surface area contributed by atoms with Crippen molar-refractivity contribution in [2.24, 2.45) is 16.7 Å². The number of imide groups is 1. The van der Waals surface area contributed by atoms with Gasteiger partial charge in [0.15, 0.2) is 23.5 Å². The van der Waals surface area contributed by atoms with E-state index in [1.807, 2.05) is 0 Å². The van der Waals surface area contributed by atoms with Gasteiger partial charge in [0.1, 0.15) is 30.0 Å². The van der Waals surface area contributed by atoms with Crippen LogP contribution in [0.5, 0.6) is 0 Å². The van der Waals surface area contributed by atoms with Crippen molar-refractivity contribution in [3.63, 3.8) is 0 Å². The van der Waals surface area contributed by atoms with Crippen LogP contribution in [-0.4, -0.2) is 232 Å². The molecule has 0 aromatic heterocycles. The van der Waals surface area contributed by atoms with Crippen LogP contribution < -0.4 is 10.6 Å². The fourth-order valence-electron chi connectivity index (χ4n) is 13.7. The van der Waals surface area contributed by atoms with E-state index in [1.54, 1.807) is 66.7 Å². The van der Waals surface area contributed by atoms with E-state index in [0.29, 0.717) is 6.61 Å². The molecule has 4 fully saturated rings. The lowest BCUT2D eigenvalue weighted by molar-refractivity contribution is -0.346. The Morgan fingerprint density at radius 3 is 1.75 bits per heavy atom. The number of esters is 5. The molecular weight excluding hydrogens is 1310 g/mol. The number of likely N-dealkylation sites (tertiary alicyclic amines) is 1. The third-order valence-corrected chi connectivity index (χ3v) is 18.9. The summed E-state index contributed by atoms with van der Waals surface area (Å²) in [6.07, 6.45) is -11.9. The standard InChI is InChI=1S/C71H89N3O26/c1-43-50(40-71(88)63(99-66(86)48-21-14-9-15-22-48)61-69(6,51(77)39-52-70(61,42-95-52)100-45(3)76)62(82)59(96-44(2)75)57(43)68(71,4)5)97-67(87)60(58(46-17-10-7-11-18-46)73-64(83)47-19-12-8-13-20-47)98-56(81)24-16-23-53(78)72-27-28-89-29-30-90-31-32-91-33-34-92-35-36-93-37-38-94-41-49(65(84)85)74-54(79)25-26-55(74)80/h7-15,17-22,49-52,58-61,63,77,88H,16,23-42H2,1-6H3,(H,72,78)(H,73,83)(H,84,85)/t49?,50-,51-,52+,58-,59+,60+,61-,63-,69+,70-,71+/m0/s1. The number of carbonyl (C=O) groups excluding carboxylic acids is 10. The Morgan fingerprint density at radius 1 is 0.680 bits per heavy atom. The van der Waals surface area contributed by atoms with Crippen LogP contribution in [0.25, 0.3) is 0 Å². The summed E-state index contributed by atoms with van der Waals surface area (Å²) in [6, 6.07) is 20.9. The van der Waals surface area contributed by atoms with Crippen LogP contribution in [0.4, 0.5) is 0 Å². The molecule has 3 aromatic rings. The zero-order valence-electron chi connectivity index (χ0n) is 56.9. The van der Waals surface area contributed by atoms with E-state index in [2.05, 4.69) is 10.6 Å². The zero-order valence-corrected chi connectivity index (χ0v) is 56.9. The third-order valence-electron chi connectivity index (χ3n) is 18.9. The average molecular weight is 1400 g/mol. The molecule has 3 aliphatic carbocycles. The van der Waals surface area contributed by atoms with E-state index in [0.717, 1.165) is 18.7 Å². The van der Waals surface area contributed by atoms with Crippen molar-refractivity contribution in [3.8, 4) is 0 Å². The Balaban J connectivity index is 0.883. The van der Waals surface area contributed by atoms with Crippen LogP contribution in [-0.2, 0) is 100.0 Å². The van der Waals surface area contributed by atoms with Gasteiger partial charge < -0.3 is 82.8 Å². The minimum absolute atomic E-state index is 0.0137. The summed E-state index contributed by atoms with van der Waals surface area (Å²) < 4.78 is 69.9. The summed E-state index contributed by atoms with van der Waals surface area (Å²) in [6.45, 7) is 9.93. The van der Waals surface area contributed by atoms with Crippen molar-refractivity contribution in [2.45, 2.75) is 146 Å². The van der Waals surface area contributed by atoms with E-state index in [1.165, 1.54) is 52.0 Å². The molecule has 5 N–H and O–H groups in total. The number of ether oxygens (including phenoxy) is 12. The van der Waals surface area contributed by atoms with Gasteiger partial charge >= 0.3 is 35.8 Å². The molecule has 2 bridgehead atoms. The second-order valence-corrected chi connectivity index (χ2v) is 25.7. The molecule has 29 heteroatoms. The van der Waals surface area contributed by atoms with E-state index in [-0.39, 0.29) is 146 Å². The first-order valence-electron chi connectivity index (χ1n) is 33.3. The first-order chi connectivity index (χ1) is 47.8. The number of aliphatic carboxylic acids is 1. The van der Waals surface area contributed by atoms with Gasteiger partial charge in [0.2, 0.25) is 23.8 Å². The van der Waals surface area contributed by atoms with Crippen molar-refractivity contribution >= 4 is 65.2 Å². The Hall–Kier alpha value is -8.39. The molecule has 8 rings (SSSR count). The summed E-state index contributed by atoms with van der Waals surface area (Å²) >= 11 is 0. The van der Waals surface area contributed by atoms with Crippen LogP contribution in [0, 0.1) is 16.7 Å². The molecule has 1 unspecified atom stereocenters. The fourth-order valence-corrected chi connectivity index (χ4v) is 13.7. The average Bonchev–Trinajstić information content (AvgIpc) is 0.702. The van der Waals surface area contributed by atoms with Gasteiger partial charge in [-0.25, -0.2) is 14.4 Å². The zero-order chi connectivity index (χ0) is 72.4. The van der Waals surface area contributed by atoms with Crippen LogP contribution >= 0.6 is 0 Å². The number of hydrogen-bond donors (Lipinski definition) is 5. The maximum atomic E-state index is 15.9. The normalized spacial score (nSPS) is 25.3. The van der Waals surface area contributed by atoms with Crippen molar-refractivity contribution in [3.05, 3.63) is 119 Å². The van der Waals surface area contributed by atoms with Crippen LogP contribution in [0.3, 0.4) is 0 Å². The molecule has 0 radical (unpaired) electrons. The Kier molecular flexibility index (Phi) is 27.3. The number of carbonyl (C=O) groups is 11. The van der Waals surface area contributed by atoms with Gasteiger partial charge in [-0.2, -0.15) is 0 Å². The SMILES string of the molecule is CC(=O)O[C@H]1C(=O)[C@@]2(C)[C@H]([C@H](OC(=O)c3ccccc3)[C@]3(O)C[C@H](OC(=O)[C@H](OC(=O)CCCC(=O)NCCOCCOCCOCCOCCOCCOCC(C(=O)O)N4C(=O)CCC4=O)[C@@H](NC(=O)c4ccccc4)c4ccccc4)C(C)=C1C3(C)C)[C@]1(OC(C)=O)CO[C@@H]1C[C@@H]2O. The number of Topliss-reactive ketones (excluding diaryl/α,β-unsaturated/α-hetero) is 1. The lowest BCUT2D eigenvalue weighted by atomic mass is 9.44. The highest BCUT2D eigenvalue weighted by atomic mass is 16.6. The van der Waals surface area contributed by atoms with Crippen molar-refractivity contribution in [1.29, 1.82) is 0 Å². The molecular formula is C71H89N3O26. The molecule has 4 amide bonds. The number of aliphatic hydroxyl groups excluding tert-OH is 1. The van der Waals surface area contributed by atoms with Crippen LogP contribution in [0.1, 0.15) is 119 Å². The Bertz CT molecular complexity index is 3410. The molecule has 29 nitrogen and oxygen atoms in total. The number of fused-ring (bicyclic) bond motifs is 5. The van der Waals surface area contributed by atoms with E-state index in [4.69, 9.17) is 56.8 Å². The number of benzene rings is 3. The van der Waals surface area contributed by atoms with Gasteiger partial charge in [0.05, 0.1) is 109 Å². The van der Waals surface area contributed by atoms with E-state index >= 15 is 9.59 Å². The highest BCUT2D eigenvalue weighted by Crippen LogP contribution is 2.64. The van der Waals surface area contributed by atoms with Gasteiger partial charge in [0.25, 0.3) is 5.91 Å². The highest BCUT2D eigenvalue weighted by molar-refractivity contribution is 6.05. The van der Waals surface area contributed by atoms with E-state index < -0.39 is 155 Å². The monoisotopic (exact) mass is 1400 g/mol. The minimum Gasteiger partial charge on any atom is -0.480 e. The molecule has 12 atom stereocenters. The number of hydrogen-bond acceptors (Lipinski definition) is 25. The van der Waals surface area contributed by atoms with Crippen molar-refractivity contribution in [1.82, 2.24) is 15.5 Å². The molecule has 5 aliphatic rings. The molecule has 2 saturated heterocycles. The molecule has 544 valence electrons. The molecule has 100 heavy (non-hydrogen) atoms. The Labute approximate surface area is 578 Å². The van der Waals surface area contributed by atoms with Gasteiger partial charge in [-0.1, -0.05) is 80.6 Å². The predicted molar refractivity (Wildman–Crippen MR) is 346 cm³/mol. The Morgan fingerprint density at radius 2 is 1.22 bits per heavy atom. The van der Waals surface area contributed by atoms with Gasteiger partial charge in [-0.05, 0) is 61.2 Å². The summed E-state index contributed by atoms with van der Waals surface area (Å²) in [4.78, 5) is 150. The number of amides is 4. The summed E-state index contributed by atoms with van der Waals surface area (Å²) in [5, 5.41) is 41.4. The molecule has 2 heterocycles. The third kappa shape index (κ3) is 18.2. The number of nitrogens with one attached hydrogen (secondary N) is 2. The summed E-state index contributed by atoms with van der Waals surface area (Å²) in [7, 11) is 0. The van der Waals surface area contributed by atoms with Gasteiger partial charge in [0, 0.05) is 69.9 Å². The lowest BCUT2D eigenvalue weighted by Gasteiger charge is -2.67. The van der Waals surface area contributed by atoms with Crippen molar-refractivity contribution in [2.75, 3.05) is 92.4 Å². The molecule has 2 saturated carbocycles. The van der Waals surface area contributed by atoms with E-state index in [9.17, 15) is 58.5 Å². The highest BCUT2D eigenvalue weighted by Gasteiger charge is 2.78. The van der Waals surface area contributed by atoms with Crippen LogP contribution in [0.2, 0.25) is 0 Å². The topological polar surface area (TPSA) is 387 Å². The number of aliphatic hydroxyl groups is 2. The molecule has 2 aliphatic heterocycles. The number of carboxylic acid groups (broad SMARTS) is 1. The number of rotatable bonds is 37. The number of nitrogens with zero attached hydrogens (tertiary/aromatic N) is 1. The summed E-state index contributed by atoms with van der Waals surface area (Å²) in [5.74, 6) is -11.1. The maximum absolute atomic E-state index is 15.9. The fraction of sp³-hybridized carbons (Fsp3) is 0.563. The van der Waals surface area contributed by atoms with Gasteiger partial charge in [-0.15, -0.1) is 0 Å². The minimum atomic E-state index is -2.53. The molecule has 3 aromatic carbocycles. The maximum Gasteiger partial charge on any atom is 0.350 e. The number of carboxylic acids is 1. The summed E-state index contributed by atoms with van der Waals surface area (Å²) in [5.41, 5.74) is -7.86. The second kappa shape index (κ2) is 35.3. The number of ketones is 1. The smallest absolute Gasteiger partial charge is 0.350 e. The van der Waals surface area contributed by atoms with Crippen LogP contribution in [0.15, 0.2) is 102 Å². The second-order valence-electron chi connectivity index (χ2n) is 25.7. The lowest BCUT2D eigenvalue weighted by Crippen LogP contribution is -2.82. The predicted octanol–water partition coefficient (Wildman–Crippen LogP) is 3.27. The van der Waals surface area contributed by atoms with Crippen molar-refractivity contribution < 1.29 is 125 Å². The molecule has 0 spiro atoms. The largest absolute Gasteiger partial charge is 0.480 e. The first-order valence-corrected chi connectivity index (χ1v) is 33.3. The first kappa shape index (κ1) is 77.3. The van der Waals surface area contributed by atoms with Gasteiger partial charge in [-0.3, -0.25) is 43.3 Å².